The van der Waals surface area contributed by atoms with Crippen molar-refractivity contribution in [1.82, 2.24) is 0 Å². The summed E-state index contributed by atoms with van der Waals surface area (Å²) in [6.45, 7) is 1.51. The van der Waals surface area contributed by atoms with E-state index in [0.717, 1.165) is 30.9 Å². The summed E-state index contributed by atoms with van der Waals surface area (Å²) in [5.74, 6) is 0.0647. The van der Waals surface area contributed by atoms with E-state index < -0.39 is 0 Å². The van der Waals surface area contributed by atoms with Crippen LogP contribution in [0.3, 0.4) is 0 Å². The average molecular weight is 235 g/mol. The Morgan fingerprint density at radius 2 is 2.35 bits per heavy atom. The Labute approximate surface area is 101 Å². The quantitative estimate of drug-likeness (QED) is 0.814. The third kappa shape index (κ3) is 2.42. The van der Waals surface area contributed by atoms with Gasteiger partial charge in [-0.1, -0.05) is 0 Å². The maximum Gasteiger partial charge on any atom is 0.337 e. The number of methoxy groups -OCH3 is 1. The Kier molecular flexibility index (Phi) is 3.64. The Balaban J connectivity index is 2.35. The van der Waals surface area contributed by atoms with Crippen molar-refractivity contribution in [3.63, 3.8) is 0 Å². The number of hydrogen-bond acceptors (Lipinski definition) is 4. The van der Waals surface area contributed by atoms with Gasteiger partial charge in [-0.3, -0.25) is 0 Å². The molecule has 0 radical (unpaired) electrons. The van der Waals surface area contributed by atoms with E-state index in [9.17, 15) is 4.79 Å². The lowest BCUT2D eigenvalue weighted by molar-refractivity contribution is 0.0600. The first-order valence-electron chi connectivity index (χ1n) is 5.74. The van der Waals surface area contributed by atoms with Crippen molar-refractivity contribution in [2.24, 2.45) is 0 Å². The molecule has 4 nitrogen and oxygen atoms in total. The molecular formula is C13H17NO3. The van der Waals surface area contributed by atoms with Crippen LogP contribution in [0, 0.1) is 0 Å². The molecule has 1 aromatic rings. The molecule has 1 aromatic carbocycles. The number of ether oxygens (including phenoxy) is 2. The summed E-state index contributed by atoms with van der Waals surface area (Å²) in [5.41, 5.74) is 2.77. The molecule has 17 heavy (non-hydrogen) atoms. The number of nitrogens with one attached hydrogen (secondary N) is 1. The summed E-state index contributed by atoms with van der Waals surface area (Å²) < 4.78 is 10.1. The number of carbonyl (C=O) groups excluding carboxylic acids is 1. The van der Waals surface area contributed by atoms with Crippen molar-refractivity contribution in [1.29, 1.82) is 0 Å². The van der Waals surface area contributed by atoms with Crippen molar-refractivity contribution < 1.29 is 14.3 Å². The standard InChI is InChI=1S/C13H17NO3/c1-14-12-4-3-9(13(15)16-2)7-11(12)10-5-6-17-8-10/h3-4,7,10,14H,5-6,8H2,1-2H3. The maximum atomic E-state index is 11.5. The number of benzene rings is 1. The summed E-state index contributed by atoms with van der Waals surface area (Å²) in [6.07, 6.45) is 0.999. The van der Waals surface area contributed by atoms with Crippen molar-refractivity contribution in [3.05, 3.63) is 29.3 Å². The van der Waals surface area contributed by atoms with Crippen LogP contribution >= 0.6 is 0 Å². The van der Waals surface area contributed by atoms with Gasteiger partial charge in [0.1, 0.15) is 0 Å². The fraction of sp³-hybridized carbons (Fsp3) is 0.462. The molecule has 1 aliphatic rings. The number of carbonyl (C=O) groups is 1. The third-order valence-corrected chi connectivity index (χ3v) is 3.11. The Hall–Kier alpha value is -1.55. The van der Waals surface area contributed by atoms with Gasteiger partial charge >= 0.3 is 5.97 Å². The summed E-state index contributed by atoms with van der Waals surface area (Å²) in [6, 6.07) is 5.59. The zero-order valence-corrected chi connectivity index (χ0v) is 10.2. The molecule has 1 N–H and O–H groups in total. The monoisotopic (exact) mass is 235 g/mol. The van der Waals surface area contributed by atoms with Crippen LogP contribution in [0.2, 0.25) is 0 Å². The van der Waals surface area contributed by atoms with Gasteiger partial charge in [0, 0.05) is 25.3 Å². The highest BCUT2D eigenvalue weighted by Gasteiger charge is 2.21. The first-order valence-corrected chi connectivity index (χ1v) is 5.74. The molecule has 0 saturated carbocycles. The van der Waals surface area contributed by atoms with Crippen molar-refractivity contribution in [2.75, 3.05) is 32.7 Å². The molecular weight excluding hydrogens is 218 g/mol. The number of esters is 1. The van der Waals surface area contributed by atoms with Crippen LogP contribution < -0.4 is 5.32 Å². The molecule has 0 bridgehead atoms. The van der Waals surface area contributed by atoms with E-state index in [-0.39, 0.29) is 5.97 Å². The molecule has 4 heteroatoms. The van der Waals surface area contributed by atoms with Gasteiger partial charge in [-0.15, -0.1) is 0 Å². The molecule has 92 valence electrons. The van der Waals surface area contributed by atoms with E-state index in [0.29, 0.717) is 11.5 Å². The predicted octanol–water partition coefficient (Wildman–Crippen LogP) is 2.02. The second-order valence-corrected chi connectivity index (χ2v) is 4.10. The van der Waals surface area contributed by atoms with Crippen molar-refractivity contribution >= 4 is 11.7 Å². The first-order chi connectivity index (χ1) is 8.26. The minimum absolute atomic E-state index is 0.298. The van der Waals surface area contributed by atoms with Crippen LogP contribution in [0.5, 0.6) is 0 Å². The minimum atomic E-state index is -0.298. The van der Waals surface area contributed by atoms with E-state index in [1.807, 2.05) is 19.2 Å². The highest BCUT2D eigenvalue weighted by atomic mass is 16.5. The topological polar surface area (TPSA) is 47.6 Å². The van der Waals surface area contributed by atoms with Gasteiger partial charge in [0.05, 0.1) is 19.3 Å². The SMILES string of the molecule is CNc1ccc(C(=O)OC)cc1C1CCOC1. The normalized spacial score (nSPS) is 19.1. The number of rotatable bonds is 3. The van der Waals surface area contributed by atoms with Gasteiger partial charge in [0.15, 0.2) is 0 Å². The van der Waals surface area contributed by atoms with E-state index in [1.54, 1.807) is 6.07 Å². The van der Waals surface area contributed by atoms with Crippen molar-refractivity contribution in [3.8, 4) is 0 Å². The molecule has 0 aromatic heterocycles. The van der Waals surface area contributed by atoms with Gasteiger partial charge in [-0.25, -0.2) is 4.79 Å². The Morgan fingerprint density at radius 3 is 2.94 bits per heavy atom. The van der Waals surface area contributed by atoms with Gasteiger partial charge < -0.3 is 14.8 Å². The Morgan fingerprint density at radius 1 is 1.53 bits per heavy atom. The van der Waals surface area contributed by atoms with Gasteiger partial charge in [-0.05, 0) is 30.2 Å². The average Bonchev–Trinajstić information content (AvgIpc) is 2.90. The molecule has 1 unspecified atom stereocenters. The van der Waals surface area contributed by atoms with Crippen LogP contribution in [0.15, 0.2) is 18.2 Å². The highest BCUT2D eigenvalue weighted by Crippen LogP contribution is 2.31. The maximum absolute atomic E-state index is 11.5. The van der Waals surface area contributed by atoms with Crippen LogP contribution in [0.4, 0.5) is 5.69 Å². The molecule has 1 atom stereocenters. The van der Waals surface area contributed by atoms with Crippen LogP contribution in [0.1, 0.15) is 28.3 Å². The van der Waals surface area contributed by atoms with E-state index in [2.05, 4.69) is 5.32 Å². The molecule has 0 spiro atoms. The zero-order valence-electron chi connectivity index (χ0n) is 10.2. The lowest BCUT2D eigenvalue weighted by Crippen LogP contribution is -2.07. The lowest BCUT2D eigenvalue weighted by atomic mass is 9.95. The fourth-order valence-electron chi connectivity index (χ4n) is 2.15. The lowest BCUT2D eigenvalue weighted by Gasteiger charge is -2.15. The van der Waals surface area contributed by atoms with Gasteiger partial charge in [0.2, 0.25) is 0 Å². The largest absolute Gasteiger partial charge is 0.465 e. The third-order valence-electron chi connectivity index (χ3n) is 3.11. The fourth-order valence-corrected chi connectivity index (χ4v) is 2.15. The molecule has 2 rings (SSSR count). The Bertz CT molecular complexity index is 411. The van der Waals surface area contributed by atoms with E-state index in [1.165, 1.54) is 7.11 Å². The summed E-state index contributed by atoms with van der Waals surface area (Å²) >= 11 is 0. The van der Waals surface area contributed by atoms with Gasteiger partial charge in [-0.2, -0.15) is 0 Å². The van der Waals surface area contributed by atoms with Gasteiger partial charge in [0.25, 0.3) is 0 Å². The van der Waals surface area contributed by atoms with Crippen molar-refractivity contribution in [2.45, 2.75) is 12.3 Å². The van der Waals surface area contributed by atoms with Crippen LogP contribution in [-0.4, -0.2) is 33.3 Å². The zero-order chi connectivity index (χ0) is 12.3. The second kappa shape index (κ2) is 5.19. The molecule has 1 saturated heterocycles. The predicted molar refractivity (Wildman–Crippen MR) is 65.5 cm³/mol. The summed E-state index contributed by atoms with van der Waals surface area (Å²) in [5, 5.41) is 3.15. The summed E-state index contributed by atoms with van der Waals surface area (Å²) in [7, 11) is 3.28. The molecule has 0 aliphatic carbocycles. The number of hydrogen-bond donors (Lipinski definition) is 1. The van der Waals surface area contributed by atoms with E-state index in [4.69, 9.17) is 9.47 Å². The molecule has 0 amide bonds. The second-order valence-electron chi connectivity index (χ2n) is 4.10. The molecule has 1 aliphatic heterocycles. The highest BCUT2D eigenvalue weighted by molar-refractivity contribution is 5.90. The smallest absolute Gasteiger partial charge is 0.337 e. The molecule has 1 fully saturated rings. The summed E-state index contributed by atoms with van der Waals surface area (Å²) in [4.78, 5) is 11.5. The first kappa shape index (κ1) is 11.9. The minimum Gasteiger partial charge on any atom is -0.465 e. The van der Waals surface area contributed by atoms with E-state index >= 15 is 0 Å². The molecule has 1 heterocycles. The van der Waals surface area contributed by atoms with Crippen LogP contribution in [0.25, 0.3) is 0 Å². The van der Waals surface area contributed by atoms with Crippen LogP contribution in [-0.2, 0) is 9.47 Å². The number of anilines is 1.